The molecule has 2 aromatic carbocycles. The molecule has 24 heavy (non-hydrogen) atoms. The van der Waals surface area contributed by atoms with Gasteiger partial charge in [0, 0.05) is 22.1 Å². The second-order valence-electron chi connectivity index (χ2n) is 5.22. The molecule has 5 nitrogen and oxygen atoms in total. The third-order valence-electron chi connectivity index (χ3n) is 3.54. The van der Waals surface area contributed by atoms with E-state index in [1.165, 1.54) is 18.8 Å². The fourth-order valence-electron chi connectivity index (χ4n) is 2.34. The minimum Gasteiger partial charge on any atom is -0.325 e. The van der Waals surface area contributed by atoms with Crippen LogP contribution in [0.15, 0.2) is 51.8 Å². The van der Waals surface area contributed by atoms with E-state index in [1.54, 1.807) is 18.2 Å². The van der Waals surface area contributed by atoms with E-state index in [2.05, 4.69) is 21.2 Å². The standard InChI is InChI=1S/C17H13BrN2O3S/c1-20-16(22)13-6-5-11(8-14(13)17(20)23)19-15(21)9-24-12-4-2-3-10(18)7-12/h2-8H,9H2,1H3,(H,19,21). The number of thioether (sulfide) groups is 1. The molecule has 0 aliphatic carbocycles. The van der Waals surface area contributed by atoms with E-state index in [4.69, 9.17) is 0 Å². The lowest BCUT2D eigenvalue weighted by Crippen LogP contribution is -2.24. The van der Waals surface area contributed by atoms with Gasteiger partial charge in [0.05, 0.1) is 16.9 Å². The van der Waals surface area contributed by atoms with Gasteiger partial charge in [-0.15, -0.1) is 11.8 Å². The van der Waals surface area contributed by atoms with Crippen LogP contribution in [0.3, 0.4) is 0 Å². The molecule has 0 atom stereocenters. The van der Waals surface area contributed by atoms with Crippen LogP contribution in [0.25, 0.3) is 0 Å². The number of carbonyl (C=O) groups excluding carboxylic acids is 3. The SMILES string of the molecule is CN1C(=O)c2ccc(NC(=O)CSc3cccc(Br)c3)cc2C1=O. The maximum atomic E-state index is 12.1. The zero-order chi connectivity index (χ0) is 17.3. The van der Waals surface area contributed by atoms with Crippen LogP contribution in [0, 0.1) is 0 Å². The average Bonchev–Trinajstić information content (AvgIpc) is 2.77. The van der Waals surface area contributed by atoms with Crippen LogP contribution in [0.4, 0.5) is 5.69 Å². The molecule has 1 N–H and O–H groups in total. The summed E-state index contributed by atoms with van der Waals surface area (Å²) in [5.41, 5.74) is 1.19. The van der Waals surface area contributed by atoms with Crippen molar-refractivity contribution in [2.24, 2.45) is 0 Å². The zero-order valence-electron chi connectivity index (χ0n) is 12.7. The highest BCUT2D eigenvalue weighted by Gasteiger charge is 2.32. The number of carbonyl (C=O) groups is 3. The smallest absolute Gasteiger partial charge is 0.261 e. The quantitative estimate of drug-likeness (QED) is 0.626. The van der Waals surface area contributed by atoms with Crippen molar-refractivity contribution >= 4 is 51.1 Å². The molecule has 0 unspecified atom stereocenters. The molecule has 0 aromatic heterocycles. The maximum absolute atomic E-state index is 12.1. The number of benzene rings is 2. The Kier molecular flexibility index (Phi) is 4.73. The summed E-state index contributed by atoms with van der Waals surface area (Å²) in [6.07, 6.45) is 0. The molecule has 1 aliphatic rings. The van der Waals surface area contributed by atoms with Crippen molar-refractivity contribution in [3.63, 3.8) is 0 Å². The Balaban J connectivity index is 1.65. The summed E-state index contributed by atoms with van der Waals surface area (Å²) in [6.45, 7) is 0. The van der Waals surface area contributed by atoms with Crippen molar-refractivity contribution in [1.29, 1.82) is 0 Å². The molecule has 122 valence electrons. The first-order valence-electron chi connectivity index (χ1n) is 7.10. The Morgan fingerprint density at radius 1 is 1.12 bits per heavy atom. The lowest BCUT2D eigenvalue weighted by atomic mass is 10.1. The summed E-state index contributed by atoms with van der Waals surface area (Å²) in [5.74, 6) is -0.599. The van der Waals surface area contributed by atoms with Gasteiger partial charge >= 0.3 is 0 Å². The molecule has 0 spiro atoms. The van der Waals surface area contributed by atoms with Gasteiger partial charge < -0.3 is 5.32 Å². The Morgan fingerprint density at radius 2 is 1.88 bits per heavy atom. The monoisotopic (exact) mass is 404 g/mol. The van der Waals surface area contributed by atoms with Crippen LogP contribution < -0.4 is 5.32 Å². The van der Waals surface area contributed by atoms with Crippen molar-refractivity contribution in [3.05, 3.63) is 58.1 Å². The van der Waals surface area contributed by atoms with Gasteiger partial charge in [-0.1, -0.05) is 22.0 Å². The second kappa shape index (κ2) is 6.78. The molecule has 1 heterocycles. The van der Waals surface area contributed by atoms with E-state index >= 15 is 0 Å². The number of halogens is 1. The Labute approximate surface area is 151 Å². The largest absolute Gasteiger partial charge is 0.325 e. The molecular formula is C17H13BrN2O3S. The Bertz CT molecular complexity index is 853. The molecule has 2 aromatic rings. The van der Waals surface area contributed by atoms with Gasteiger partial charge in [-0.2, -0.15) is 0 Å². The van der Waals surface area contributed by atoms with Crippen LogP contribution in [0.1, 0.15) is 20.7 Å². The maximum Gasteiger partial charge on any atom is 0.261 e. The molecule has 0 saturated heterocycles. The number of rotatable bonds is 4. The van der Waals surface area contributed by atoms with Gasteiger partial charge in [0.15, 0.2) is 0 Å². The van der Waals surface area contributed by atoms with Crippen molar-refractivity contribution < 1.29 is 14.4 Å². The third kappa shape index (κ3) is 3.37. The van der Waals surface area contributed by atoms with Crippen molar-refractivity contribution in [2.45, 2.75) is 4.90 Å². The third-order valence-corrected chi connectivity index (χ3v) is 5.03. The molecule has 1 aliphatic heterocycles. The first-order chi connectivity index (χ1) is 11.5. The summed E-state index contributed by atoms with van der Waals surface area (Å²) in [4.78, 5) is 37.9. The van der Waals surface area contributed by atoms with Gasteiger partial charge in [0.2, 0.25) is 5.91 Å². The lowest BCUT2D eigenvalue weighted by molar-refractivity contribution is -0.113. The van der Waals surface area contributed by atoms with Crippen LogP contribution in [-0.4, -0.2) is 35.4 Å². The summed E-state index contributed by atoms with van der Waals surface area (Å²) in [5, 5.41) is 2.75. The zero-order valence-corrected chi connectivity index (χ0v) is 15.1. The van der Waals surface area contributed by atoms with E-state index in [9.17, 15) is 14.4 Å². The number of hydrogen-bond acceptors (Lipinski definition) is 4. The van der Waals surface area contributed by atoms with Gasteiger partial charge in [-0.25, -0.2) is 0 Å². The molecule has 3 amide bonds. The highest BCUT2D eigenvalue weighted by Crippen LogP contribution is 2.25. The van der Waals surface area contributed by atoms with E-state index in [-0.39, 0.29) is 23.5 Å². The van der Waals surface area contributed by atoms with Crippen LogP contribution in [0.2, 0.25) is 0 Å². The van der Waals surface area contributed by atoms with Crippen molar-refractivity contribution in [1.82, 2.24) is 4.90 Å². The van der Waals surface area contributed by atoms with Gasteiger partial charge in [0.1, 0.15) is 0 Å². The Hall–Kier alpha value is -2.12. The first-order valence-corrected chi connectivity index (χ1v) is 8.88. The van der Waals surface area contributed by atoms with Gasteiger partial charge in [-0.3, -0.25) is 19.3 Å². The van der Waals surface area contributed by atoms with Gasteiger partial charge in [0.25, 0.3) is 11.8 Å². The number of fused-ring (bicyclic) bond motifs is 1. The average molecular weight is 405 g/mol. The summed E-state index contributed by atoms with van der Waals surface area (Å²) >= 11 is 4.81. The van der Waals surface area contributed by atoms with Crippen molar-refractivity contribution in [2.75, 3.05) is 18.1 Å². The van der Waals surface area contributed by atoms with Crippen molar-refractivity contribution in [3.8, 4) is 0 Å². The number of hydrogen-bond donors (Lipinski definition) is 1. The summed E-state index contributed by atoms with van der Waals surface area (Å²) in [6, 6.07) is 12.4. The first kappa shape index (κ1) is 16.7. The predicted octanol–water partition coefficient (Wildman–Crippen LogP) is 3.41. The van der Waals surface area contributed by atoms with E-state index < -0.39 is 0 Å². The number of imide groups is 1. The van der Waals surface area contributed by atoms with Crippen LogP contribution in [-0.2, 0) is 4.79 Å². The number of nitrogens with one attached hydrogen (secondary N) is 1. The highest BCUT2D eigenvalue weighted by atomic mass is 79.9. The lowest BCUT2D eigenvalue weighted by Gasteiger charge is -2.06. The molecule has 7 heteroatoms. The molecule has 3 rings (SSSR count). The fraction of sp³-hybridized carbons (Fsp3) is 0.118. The number of anilines is 1. The fourth-order valence-corrected chi connectivity index (χ4v) is 3.65. The summed E-state index contributed by atoms with van der Waals surface area (Å²) in [7, 11) is 1.44. The normalized spacial score (nSPS) is 13.2. The molecule has 0 bridgehead atoms. The van der Waals surface area contributed by atoms with E-state index in [0.717, 1.165) is 14.3 Å². The van der Waals surface area contributed by atoms with E-state index in [0.29, 0.717) is 16.8 Å². The minimum atomic E-state index is -0.352. The molecule has 0 fully saturated rings. The molecule has 0 radical (unpaired) electrons. The van der Waals surface area contributed by atoms with Crippen LogP contribution in [0.5, 0.6) is 0 Å². The van der Waals surface area contributed by atoms with Gasteiger partial charge in [-0.05, 0) is 36.4 Å². The second-order valence-corrected chi connectivity index (χ2v) is 7.19. The highest BCUT2D eigenvalue weighted by molar-refractivity contribution is 9.10. The molecule has 0 saturated carbocycles. The number of nitrogens with zero attached hydrogens (tertiary/aromatic N) is 1. The minimum absolute atomic E-state index is 0.176. The molecular weight excluding hydrogens is 392 g/mol. The van der Waals surface area contributed by atoms with E-state index in [1.807, 2.05) is 24.3 Å². The Morgan fingerprint density at radius 3 is 2.62 bits per heavy atom. The topological polar surface area (TPSA) is 66.5 Å². The summed E-state index contributed by atoms with van der Waals surface area (Å²) < 4.78 is 0.957. The number of amides is 3. The predicted molar refractivity (Wildman–Crippen MR) is 96.4 cm³/mol. The van der Waals surface area contributed by atoms with Crippen LogP contribution >= 0.6 is 27.7 Å².